The monoisotopic (exact) mass is 222 g/mol. The molecule has 0 atom stereocenters. The van der Waals surface area contributed by atoms with Gasteiger partial charge in [-0.05, 0) is 11.8 Å². The molecule has 0 aromatic carbocycles. The summed E-state index contributed by atoms with van der Waals surface area (Å²) in [6.45, 7) is 5.76. The molecule has 5 heteroatoms. The van der Waals surface area contributed by atoms with E-state index in [0.717, 1.165) is 19.3 Å². The fourth-order valence-electron chi connectivity index (χ4n) is 1.26. The van der Waals surface area contributed by atoms with Gasteiger partial charge in [0.2, 0.25) is 5.52 Å². The Hall–Kier alpha value is -0.180. The number of rotatable bonds is 6. The van der Waals surface area contributed by atoms with Crippen LogP contribution in [0.3, 0.4) is 0 Å². The van der Waals surface area contributed by atoms with E-state index in [1.165, 1.54) is 0 Å². The summed E-state index contributed by atoms with van der Waals surface area (Å²) in [5.74, 6) is 0. The zero-order valence-corrected chi connectivity index (χ0v) is 9.88. The standard InChI is InChI=1S/C9H19O4P/c1-4-5-6-9(2,3)7-8(10)14(11,12)13/h4-7H2,1-3H3,(H2,11,12,13). The van der Waals surface area contributed by atoms with Gasteiger partial charge in [-0.2, -0.15) is 0 Å². The van der Waals surface area contributed by atoms with Crippen LogP contribution < -0.4 is 0 Å². The van der Waals surface area contributed by atoms with E-state index in [1.807, 2.05) is 20.8 Å². The zero-order valence-electron chi connectivity index (χ0n) is 8.99. The molecule has 0 rings (SSSR count). The van der Waals surface area contributed by atoms with E-state index < -0.39 is 13.1 Å². The van der Waals surface area contributed by atoms with Crippen molar-refractivity contribution in [2.45, 2.75) is 46.5 Å². The third-order valence-corrected chi connectivity index (χ3v) is 2.97. The topological polar surface area (TPSA) is 74.6 Å². The van der Waals surface area contributed by atoms with E-state index in [9.17, 15) is 9.36 Å². The second-order valence-electron chi connectivity index (χ2n) is 4.38. The zero-order chi connectivity index (χ0) is 11.4. The molecule has 84 valence electrons. The van der Waals surface area contributed by atoms with Crippen LogP contribution in [0.1, 0.15) is 46.5 Å². The number of carbonyl (C=O) groups excluding carboxylic acids is 1. The van der Waals surface area contributed by atoms with E-state index in [1.54, 1.807) is 0 Å². The summed E-state index contributed by atoms with van der Waals surface area (Å²) in [4.78, 5) is 28.4. The molecule has 2 N–H and O–H groups in total. The minimum absolute atomic E-state index is 0.0444. The van der Waals surface area contributed by atoms with Gasteiger partial charge in [-0.15, -0.1) is 0 Å². The fraction of sp³-hybridized carbons (Fsp3) is 0.889. The van der Waals surface area contributed by atoms with E-state index in [4.69, 9.17) is 9.79 Å². The summed E-state index contributed by atoms with van der Waals surface area (Å²) in [7, 11) is -4.52. The molecule has 0 radical (unpaired) electrons. The molecular formula is C9H19O4P. The van der Waals surface area contributed by atoms with E-state index >= 15 is 0 Å². The van der Waals surface area contributed by atoms with Crippen LogP contribution in [0.2, 0.25) is 0 Å². The summed E-state index contributed by atoms with van der Waals surface area (Å²) >= 11 is 0. The molecule has 0 heterocycles. The van der Waals surface area contributed by atoms with Crippen LogP contribution in [0.4, 0.5) is 0 Å². The van der Waals surface area contributed by atoms with Gasteiger partial charge in [0.1, 0.15) is 0 Å². The predicted octanol–water partition coefficient (Wildman–Crippen LogP) is 2.30. The van der Waals surface area contributed by atoms with Crippen molar-refractivity contribution in [2.75, 3.05) is 0 Å². The highest BCUT2D eigenvalue weighted by Gasteiger charge is 2.31. The van der Waals surface area contributed by atoms with Gasteiger partial charge in [0.15, 0.2) is 0 Å². The lowest BCUT2D eigenvalue weighted by molar-refractivity contribution is -0.115. The van der Waals surface area contributed by atoms with Crippen molar-refractivity contribution in [2.24, 2.45) is 5.41 Å². The summed E-state index contributed by atoms with van der Waals surface area (Å²) < 4.78 is 10.6. The normalized spacial score (nSPS) is 12.9. The third-order valence-electron chi connectivity index (χ3n) is 2.16. The Morgan fingerprint density at radius 1 is 1.36 bits per heavy atom. The molecule has 4 nitrogen and oxygen atoms in total. The van der Waals surface area contributed by atoms with Crippen LogP contribution in [-0.2, 0) is 9.36 Å². The van der Waals surface area contributed by atoms with Crippen molar-refractivity contribution in [1.29, 1.82) is 0 Å². The lowest BCUT2D eigenvalue weighted by Crippen LogP contribution is -2.17. The molecule has 0 unspecified atom stereocenters. The number of hydrogen-bond acceptors (Lipinski definition) is 2. The van der Waals surface area contributed by atoms with Gasteiger partial charge in [0.05, 0.1) is 0 Å². The molecule has 0 fully saturated rings. The third kappa shape index (κ3) is 5.53. The van der Waals surface area contributed by atoms with Gasteiger partial charge in [0.25, 0.3) is 0 Å². The molecule has 0 aliphatic heterocycles. The Labute approximate surface area is 84.9 Å². The van der Waals surface area contributed by atoms with Gasteiger partial charge < -0.3 is 9.79 Å². The van der Waals surface area contributed by atoms with Crippen LogP contribution >= 0.6 is 7.60 Å². The highest BCUT2D eigenvalue weighted by atomic mass is 31.2. The molecule has 0 saturated carbocycles. The van der Waals surface area contributed by atoms with Crippen LogP contribution in [0.25, 0.3) is 0 Å². The van der Waals surface area contributed by atoms with Crippen molar-refractivity contribution in [1.82, 2.24) is 0 Å². The lowest BCUT2D eigenvalue weighted by atomic mass is 9.84. The summed E-state index contributed by atoms with van der Waals surface area (Å²) in [5.41, 5.74) is -1.26. The molecule has 0 spiro atoms. The van der Waals surface area contributed by atoms with Crippen LogP contribution in [0, 0.1) is 5.41 Å². The highest BCUT2D eigenvalue weighted by molar-refractivity contribution is 7.70. The van der Waals surface area contributed by atoms with E-state index in [-0.39, 0.29) is 11.8 Å². The molecule has 0 aliphatic carbocycles. The highest BCUT2D eigenvalue weighted by Crippen LogP contribution is 2.41. The summed E-state index contributed by atoms with van der Waals surface area (Å²) in [6.07, 6.45) is 2.77. The molecule has 14 heavy (non-hydrogen) atoms. The average Bonchev–Trinajstić information content (AvgIpc) is 1.98. The first kappa shape index (κ1) is 13.8. The Balaban J connectivity index is 4.22. The van der Waals surface area contributed by atoms with Gasteiger partial charge in [-0.25, -0.2) is 0 Å². The number of unbranched alkanes of at least 4 members (excludes halogenated alkanes) is 1. The molecule has 0 aliphatic rings. The second kappa shape index (κ2) is 5.06. The van der Waals surface area contributed by atoms with Crippen molar-refractivity contribution >= 4 is 13.1 Å². The SMILES string of the molecule is CCCCC(C)(C)CC(=O)P(=O)(O)O. The summed E-state index contributed by atoms with van der Waals surface area (Å²) in [6, 6.07) is 0. The molecule has 0 aromatic heterocycles. The Bertz CT molecular complexity index is 241. The summed E-state index contributed by atoms with van der Waals surface area (Å²) in [5, 5.41) is 0. The van der Waals surface area contributed by atoms with Crippen molar-refractivity contribution < 1.29 is 19.1 Å². The molecule has 0 aromatic rings. The van der Waals surface area contributed by atoms with Gasteiger partial charge in [-0.1, -0.05) is 33.6 Å². The van der Waals surface area contributed by atoms with Crippen molar-refractivity contribution in [3.05, 3.63) is 0 Å². The number of carbonyl (C=O) groups is 1. The fourth-order valence-corrected chi connectivity index (χ4v) is 1.89. The van der Waals surface area contributed by atoms with Crippen LogP contribution in [-0.4, -0.2) is 15.3 Å². The predicted molar refractivity (Wildman–Crippen MR) is 55.0 cm³/mol. The van der Waals surface area contributed by atoms with Crippen LogP contribution in [0.5, 0.6) is 0 Å². The minimum atomic E-state index is -4.52. The van der Waals surface area contributed by atoms with Gasteiger partial charge in [-0.3, -0.25) is 9.36 Å². The lowest BCUT2D eigenvalue weighted by Gasteiger charge is -2.23. The first-order valence-electron chi connectivity index (χ1n) is 4.78. The Kier molecular flexibility index (Phi) is 4.99. The Morgan fingerprint density at radius 3 is 2.21 bits per heavy atom. The van der Waals surface area contributed by atoms with Crippen molar-refractivity contribution in [3.8, 4) is 0 Å². The smallest absolute Gasteiger partial charge is 0.319 e. The maximum Gasteiger partial charge on any atom is 0.391 e. The van der Waals surface area contributed by atoms with Gasteiger partial charge in [0, 0.05) is 6.42 Å². The molecule has 0 amide bonds. The van der Waals surface area contributed by atoms with Gasteiger partial charge >= 0.3 is 7.60 Å². The van der Waals surface area contributed by atoms with Crippen molar-refractivity contribution in [3.63, 3.8) is 0 Å². The second-order valence-corrected chi connectivity index (χ2v) is 5.97. The quantitative estimate of drug-likeness (QED) is 0.676. The Morgan fingerprint density at radius 2 is 1.86 bits per heavy atom. The largest absolute Gasteiger partial charge is 0.391 e. The van der Waals surface area contributed by atoms with E-state index in [0.29, 0.717) is 0 Å². The number of hydrogen-bond donors (Lipinski definition) is 2. The van der Waals surface area contributed by atoms with E-state index in [2.05, 4.69) is 0 Å². The first-order chi connectivity index (χ1) is 6.19. The molecule has 0 saturated heterocycles. The maximum atomic E-state index is 11.1. The maximum absolute atomic E-state index is 11.1. The van der Waals surface area contributed by atoms with Crippen LogP contribution in [0.15, 0.2) is 0 Å². The first-order valence-corrected chi connectivity index (χ1v) is 6.39. The average molecular weight is 222 g/mol. The minimum Gasteiger partial charge on any atom is -0.319 e. The molecular weight excluding hydrogens is 203 g/mol. The molecule has 0 bridgehead atoms.